The fourth-order valence-corrected chi connectivity index (χ4v) is 1.22. The van der Waals surface area contributed by atoms with Crippen molar-refractivity contribution < 1.29 is 9.53 Å². The molecular formula is C10H17N3O2. The Morgan fingerprint density at radius 3 is 3.07 bits per heavy atom. The van der Waals surface area contributed by atoms with Crippen LogP contribution in [0.25, 0.3) is 0 Å². The van der Waals surface area contributed by atoms with E-state index in [4.69, 9.17) is 4.74 Å². The van der Waals surface area contributed by atoms with Gasteiger partial charge in [0.25, 0.3) is 0 Å². The molecule has 0 radical (unpaired) electrons. The van der Waals surface area contributed by atoms with Gasteiger partial charge in [-0.25, -0.2) is 0 Å². The minimum atomic E-state index is -0.218. The van der Waals surface area contributed by atoms with E-state index in [9.17, 15) is 4.79 Å². The van der Waals surface area contributed by atoms with Crippen LogP contribution < -0.4 is 5.32 Å². The van der Waals surface area contributed by atoms with Gasteiger partial charge in [0.2, 0.25) is 0 Å². The third-order valence-electron chi connectivity index (χ3n) is 1.92. The van der Waals surface area contributed by atoms with Gasteiger partial charge in [0.15, 0.2) is 0 Å². The Balaban J connectivity index is 2.19. The van der Waals surface area contributed by atoms with Gasteiger partial charge in [-0.1, -0.05) is 0 Å². The molecule has 5 heteroatoms. The quantitative estimate of drug-likeness (QED) is 0.693. The molecule has 1 rings (SSSR count). The van der Waals surface area contributed by atoms with Crippen molar-refractivity contribution in [1.29, 1.82) is 0 Å². The van der Waals surface area contributed by atoms with Crippen molar-refractivity contribution in [2.75, 3.05) is 13.2 Å². The van der Waals surface area contributed by atoms with E-state index < -0.39 is 0 Å². The van der Waals surface area contributed by atoms with Gasteiger partial charge in [0, 0.05) is 18.4 Å². The van der Waals surface area contributed by atoms with Gasteiger partial charge in [-0.3, -0.25) is 9.48 Å². The van der Waals surface area contributed by atoms with Gasteiger partial charge in [-0.15, -0.1) is 0 Å². The molecule has 1 N–H and O–H groups in total. The summed E-state index contributed by atoms with van der Waals surface area (Å²) in [6.45, 7) is 5.21. The van der Waals surface area contributed by atoms with Crippen LogP contribution in [0.5, 0.6) is 0 Å². The average Bonchev–Trinajstić information content (AvgIpc) is 2.68. The molecule has 0 aromatic carbocycles. The first kappa shape index (κ1) is 11.7. The lowest BCUT2D eigenvalue weighted by molar-refractivity contribution is -0.142. The highest BCUT2D eigenvalue weighted by atomic mass is 16.5. The zero-order chi connectivity index (χ0) is 11.1. The van der Waals surface area contributed by atoms with Gasteiger partial charge >= 0.3 is 5.97 Å². The normalized spacial score (nSPS) is 12.4. The number of hydrogen-bond acceptors (Lipinski definition) is 4. The minimum Gasteiger partial charge on any atom is -0.465 e. The van der Waals surface area contributed by atoms with Crippen molar-refractivity contribution in [2.24, 2.45) is 0 Å². The molecule has 1 unspecified atom stereocenters. The van der Waals surface area contributed by atoms with E-state index in [1.165, 1.54) is 0 Å². The van der Waals surface area contributed by atoms with E-state index in [1.54, 1.807) is 13.1 Å². The summed E-state index contributed by atoms with van der Waals surface area (Å²) in [5.41, 5.74) is 0. The molecule has 1 aromatic heterocycles. The third-order valence-corrected chi connectivity index (χ3v) is 1.92. The van der Waals surface area contributed by atoms with Crippen LogP contribution in [0.4, 0.5) is 0 Å². The highest BCUT2D eigenvalue weighted by Crippen LogP contribution is 1.90. The Hall–Kier alpha value is -1.36. The zero-order valence-electron chi connectivity index (χ0n) is 9.14. The van der Waals surface area contributed by atoms with Gasteiger partial charge in [0.05, 0.1) is 19.7 Å². The standard InChI is InChI=1S/C10H17N3O2/c1-3-15-10(14)7-11-9(2)8-13-6-4-5-12-13/h4-6,9,11H,3,7-8H2,1-2H3. The number of nitrogens with zero attached hydrogens (tertiary/aromatic N) is 2. The topological polar surface area (TPSA) is 56.1 Å². The summed E-state index contributed by atoms with van der Waals surface area (Å²) in [6, 6.07) is 2.06. The monoisotopic (exact) mass is 211 g/mol. The van der Waals surface area contributed by atoms with Crippen molar-refractivity contribution in [1.82, 2.24) is 15.1 Å². The zero-order valence-corrected chi connectivity index (χ0v) is 9.14. The number of esters is 1. The number of carbonyl (C=O) groups is 1. The number of ether oxygens (including phenoxy) is 1. The van der Waals surface area contributed by atoms with E-state index in [0.717, 1.165) is 6.54 Å². The molecule has 84 valence electrons. The summed E-state index contributed by atoms with van der Waals surface area (Å²) in [6.07, 6.45) is 3.63. The van der Waals surface area contributed by atoms with Crippen molar-refractivity contribution in [3.63, 3.8) is 0 Å². The highest BCUT2D eigenvalue weighted by molar-refractivity contribution is 5.71. The van der Waals surface area contributed by atoms with Gasteiger partial charge < -0.3 is 10.1 Å². The van der Waals surface area contributed by atoms with Crippen molar-refractivity contribution >= 4 is 5.97 Å². The van der Waals surface area contributed by atoms with Crippen LogP contribution in [0.15, 0.2) is 18.5 Å². The molecule has 0 aliphatic rings. The molecule has 0 fully saturated rings. The lowest BCUT2D eigenvalue weighted by Gasteiger charge is -2.12. The maximum Gasteiger partial charge on any atom is 0.319 e. The predicted molar refractivity (Wildman–Crippen MR) is 56.3 cm³/mol. The first-order chi connectivity index (χ1) is 7.22. The summed E-state index contributed by atoms with van der Waals surface area (Å²) >= 11 is 0. The Kier molecular flexibility index (Phi) is 4.83. The van der Waals surface area contributed by atoms with E-state index >= 15 is 0 Å². The molecule has 0 aliphatic heterocycles. The molecule has 0 amide bonds. The van der Waals surface area contributed by atoms with Crippen molar-refractivity contribution in [3.05, 3.63) is 18.5 Å². The molecule has 0 spiro atoms. The summed E-state index contributed by atoms with van der Waals surface area (Å²) in [7, 11) is 0. The van der Waals surface area contributed by atoms with E-state index in [0.29, 0.717) is 6.61 Å². The summed E-state index contributed by atoms with van der Waals surface area (Å²) in [5, 5.41) is 7.15. The SMILES string of the molecule is CCOC(=O)CNC(C)Cn1cccn1. The number of hydrogen-bond donors (Lipinski definition) is 1. The lowest BCUT2D eigenvalue weighted by atomic mass is 10.3. The molecule has 1 aromatic rings. The van der Waals surface area contributed by atoms with Crippen LogP contribution in [-0.4, -0.2) is 34.9 Å². The van der Waals surface area contributed by atoms with Gasteiger partial charge in [-0.2, -0.15) is 5.10 Å². The molecule has 5 nitrogen and oxygen atoms in total. The lowest BCUT2D eigenvalue weighted by Crippen LogP contribution is -2.35. The fraction of sp³-hybridized carbons (Fsp3) is 0.600. The third kappa shape index (κ3) is 4.60. The second-order valence-corrected chi connectivity index (χ2v) is 3.32. The van der Waals surface area contributed by atoms with Crippen molar-refractivity contribution in [3.8, 4) is 0 Å². The predicted octanol–water partition coefficient (Wildman–Crippen LogP) is 0.424. The number of aromatic nitrogens is 2. The molecule has 0 saturated carbocycles. The van der Waals surface area contributed by atoms with Crippen LogP contribution in [-0.2, 0) is 16.1 Å². The Bertz CT molecular complexity index is 285. The Morgan fingerprint density at radius 1 is 1.67 bits per heavy atom. The second kappa shape index (κ2) is 6.19. The summed E-state index contributed by atoms with van der Waals surface area (Å²) < 4.78 is 6.63. The number of carbonyl (C=O) groups excluding carboxylic acids is 1. The van der Waals surface area contributed by atoms with Crippen LogP contribution >= 0.6 is 0 Å². The Labute approximate surface area is 89.4 Å². The Morgan fingerprint density at radius 2 is 2.47 bits per heavy atom. The van der Waals surface area contributed by atoms with Crippen molar-refractivity contribution in [2.45, 2.75) is 26.4 Å². The van der Waals surface area contributed by atoms with E-state index in [1.807, 2.05) is 23.9 Å². The molecule has 15 heavy (non-hydrogen) atoms. The number of rotatable bonds is 6. The molecule has 0 saturated heterocycles. The fourth-order valence-electron chi connectivity index (χ4n) is 1.22. The first-order valence-corrected chi connectivity index (χ1v) is 5.08. The minimum absolute atomic E-state index is 0.189. The molecule has 1 atom stereocenters. The summed E-state index contributed by atoms with van der Waals surface area (Å²) in [5.74, 6) is -0.218. The van der Waals surface area contributed by atoms with E-state index in [-0.39, 0.29) is 18.6 Å². The number of nitrogens with one attached hydrogen (secondary N) is 1. The van der Waals surface area contributed by atoms with Crippen LogP contribution in [0, 0.1) is 0 Å². The van der Waals surface area contributed by atoms with E-state index in [2.05, 4.69) is 10.4 Å². The molecule has 0 aliphatic carbocycles. The molecule has 1 heterocycles. The van der Waals surface area contributed by atoms with Crippen LogP contribution in [0.1, 0.15) is 13.8 Å². The van der Waals surface area contributed by atoms with Gasteiger partial charge in [0.1, 0.15) is 0 Å². The highest BCUT2D eigenvalue weighted by Gasteiger charge is 2.06. The smallest absolute Gasteiger partial charge is 0.319 e. The molecular weight excluding hydrogens is 194 g/mol. The molecule has 0 bridgehead atoms. The largest absolute Gasteiger partial charge is 0.465 e. The summed E-state index contributed by atoms with van der Waals surface area (Å²) in [4.78, 5) is 11.0. The average molecular weight is 211 g/mol. The second-order valence-electron chi connectivity index (χ2n) is 3.32. The first-order valence-electron chi connectivity index (χ1n) is 5.08. The van der Waals surface area contributed by atoms with Crippen LogP contribution in [0.2, 0.25) is 0 Å². The van der Waals surface area contributed by atoms with Crippen LogP contribution in [0.3, 0.4) is 0 Å². The maximum absolute atomic E-state index is 11.0. The maximum atomic E-state index is 11.0. The van der Waals surface area contributed by atoms with Gasteiger partial charge in [-0.05, 0) is 19.9 Å².